The molecule has 1 unspecified atom stereocenters. The molecule has 0 saturated carbocycles. The number of aromatic nitrogens is 3. The standard InChI is InChI=1S/C11H17N5O4/c1-11(20,2-9(17)18)6-13-10(19)8-5-16(15-14-8)7-3-12-4-7/h5,7,12,20H,2-4,6H2,1H3,(H,13,19)(H,17,18). The van der Waals surface area contributed by atoms with Crippen LogP contribution < -0.4 is 10.6 Å². The molecule has 0 spiro atoms. The molecule has 1 aromatic heterocycles. The first-order chi connectivity index (χ1) is 9.37. The third kappa shape index (κ3) is 3.52. The number of nitrogens with zero attached hydrogens (tertiary/aromatic N) is 3. The topological polar surface area (TPSA) is 129 Å². The van der Waals surface area contributed by atoms with Crippen LogP contribution in [0, 0.1) is 0 Å². The number of carbonyl (C=O) groups excluding carboxylic acids is 1. The number of amides is 1. The van der Waals surface area contributed by atoms with Gasteiger partial charge in [-0.2, -0.15) is 0 Å². The number of hydrogen-bond donors (Lipinski definition) is 4. The number of carboxylic acids is 1. The Kier molecular flexibility index (Phi) is 4.00. The fraction of sp³-hybridized carbons (Fsp3) is 0.636. The second-order valence-corrected chi connectivity index (χ2v) is 5.15. The Morgan fingerprint density at radius 1 is 1.60 bits per heavy atom. The molecule has 1 amide bonds. The van der Waals surface area contributed by atoms with Crippen LogP contribution in [0.2, 0.25) is 0 Å². The van der Waals surface area contributed by atoms with E-state index < -0.39 is 23.9 Å². The molecule has 0 aliphatic carbocycles. The van der Waals surface area contributed by atoms with Crippen LogP contribution >= 0.6 is 0 Å². The summed E-state index contributed by atoms with van der Waals surface area (Å²) in [4.78, 5) is 22.4. The van der Waals surface area contributed by atoms with E-state index in [4.69, 9.17) is 5.11 Å². The van der Waals surface area contributed by atoms with Crippen molar-refractivity contribution >= 4 is 11.9 Å². The molecule has 110 valence electrons. The zero-order valence-corrected chi connectivity index (χ0v) is 11.0. The minimum absolute atomic E-state index is 0.142. The highest BCUT2D eigenvalue weighted by Crippen LogP contribution is 2.10. The van der Waals surface area contributed by atoms with Crippen LogP contribution in [0.3, 0.4) is 0 Å². The number of nitrogens with one attached hydrogen (secondary N) is 2. The number of rotatable bonds is 6. The van der Waals surface area contributed by atoms with Gasteiger partial charge in [0.2, 0.25) is 0 Å². The quantitative estimate of drug-likeness (QED) is 0.493. The SMILES string of the molecule is CC(O)(CNC(=O)c1cn(C2CNC2)nn1)CC(=O)O. The fourth-order valence-corrected chi connectivity index (χ4v) is 1.77. The molecule has 1 aromatic rings. The molecule has 9 nitrogen and oxygen atoms in total. The van der Waals surface area contributed by atoms with Crippen molar-refractivity contribution < 1.29 is 19.8 Å². The van der Waals surface area contributed by atoms with Crippen molar-refractivity contribution in [2.75, 3.05) is 19.6 Å². The molecule has 1 saturated heterocycles. The lowest BCUT2D eigenvalue weighted by Gasteiger charge is -2.26. The number of carboxylic acid groups (broad SMARTS) is 1. The zero-order chi connectivity index (χ0) is 14.8. The van der Waals surface area contributed by atoms with Gasteiger partial charge in [-0.15, -0.1) is 5.10 Å². The first kappa shape index (κ1) is 14.4. The maximum absolute atomic E-state index is 11.8. The number of aliphatic carboxylic acids is 1. The summed E-state index contributed by atoms with van der Waals surface area (Å²) in [6.45, 7) is 2.75. The van der Waals surface area contributed by atoms with Gasteiger partial charge < -0.3 is 20.8 Å². The first-order valence-electron chi connectivity index (χ1n) is 6.22. The molecule has 2 rings (SSSR count). The van der Waals surface area contributed by atoms with Gasteiger partial charge in [-0.3, -0.25) is 9.59 Å². The predicted molar refractivity (Wildman–Crippen MR) is 67.1 cm³/mol. The second-order valence-electron chi connectivity index (χ2n) is 5.15. The average molecular weight is 283 g/mol. The van der Waals surface area contributed by atoms with Gasteiger partial charge in [0.25, 0.3) is 5.91 Å². The molecule has 0 radical (unpaired) electrons. The fourth-order valence-electron chi connectivity index (χ4n) is 1.77. The van der Waals surface area contributed by atoms with E-state index in [1.54, 1.807) is 4.68 Å². The van der Waals surface area contributed by atoms with E-state index in [9.17, 15) is 14.7 Å². The molecule has 9 heteroatoms. The lowest BCUT2D eigenvalue weighted by molar-refractivity contribution is -0.141. The van der Waals surface area contributed by atoms with Crippen molar-refractivity contribution in [1.82, 2.24) is 25.6 Å². The minimum Gasteiger partial charge on any atom is -0.481 e. The maximum atomic E-state index is 11.8. The lowest BCUT2D eigenvalue weighted by Crippen LogP contribution is -2.43. The first-order valence-corrected chi connectivity index (χ1v) is 6.22. The Labute approximate surface area is 115 Å². The van der Waals surface area contributed by atoms with Gasteiger partial charge in [0, 0.05) is 19.6 Å². The zero-order valence-electron chi connectivity index (χ0n) is 11.0. The summed E-state index contributed by atoms with van der Waals surface area (Å²) in [6, 6.07) is 0.208. The third-order valence-corrected chi connectivity index (χ3v) is 3.04. The van der Waals surface area contributed by atoms with E-state index in [0.717, 1.165) is 13.1 Å². The smallest absolute Gasteiger partial charge is 0.306 e. The van der Waals surface area contributed by atoms with E-state index in [-0.39, 0.29) is 18.3 Å². The van der Waals surface area contributed by atoms with Crippen LogP contribution in [0.4, 0.5) is 0 Å². The second kappa shape index (κ2) is 5.55. The van der Waals surface area contributed by atoms with Gasteiger partial charge in [-0.05, 0) is 6.92 Å². The van der Waals surface area contributed by atoms with Crippen LogP contribution in [-0.4, -0.2) is 62.3 Å². The Balaban J connectivity index is 1.88. The van der Waals surface area contributed by atoms with Crippen molar-refractivity contribution in [1.29, 1.82) is 0 Å². The summed E-state index contributed by atoms with van der Waals surface area (Å²) >= 11 is 0. The summed E-state index contributed by atoms with van der Waals surface area (Å²) in [5, 5.41) is 31.6. The number of aliphatic hydroxyl groups is 1. The molecule has 1 atom stereocenters. The molecular weight excluding hydrogens is 266 g/mol. The van der Waals surface area contributed by atoms with Crippen LogP contribution in [0.1, 0.15) is 29.9 Å². The van der Waals surface area contributed by atoms with Gasteiger partial charge in [-0.1, -0.05) is 5.21 Å². The monoisotopic (exact) mass is 283 g/mol. The van der Waals surface area contributed by atoms with Gasteiger partial charge in [0.05, 0.1) is 24.3 Å². The summed E-state index contributed by atoms with van der Waals surface area (Å²) in [7, 11) is 0. The molecule has 1 fully saturated rings. The third-order valence-electron chi connectivity index (χ3n) is 3.04. The Bertz CT molecular complexity index is 509. The highest BCUT2D eigenvalue weighted by Gasteiger charge is 2.26. The summed E-state index contributed by atoms with van der Waals surface area (Å²) in [6.07, 6.45) is 1.08. The van der Waals surface area contributed by atoms with Crippen molar-refractivity contribution in [3.63, 3.8) is 0 Å². The van der Waals surface area contributed by atoms with Gasteiger partial charge in [0.15, 0.2) is 5.69 Å². The van der Waals surface area contributed by atoms with Crippen LogP contribution in [0.5, 0.6) is 0 Å². The van der Waals surface area contributed by atoms with E-state index in [1.807, 2.05) is 0 Å². The largest absolute Gasteiger partial charge is 0.481 e. The summed E-state index contributed by atoms with van der Waals surface area (Å²) < 4.78 is 1.61. The van der Waals surface area contributed by atoms with E-state index >= 15 is 0 Å². The molecule has 20 heavy (non-hydrogen) atoms. The minimum atomic E-state index is -1.50. The van der Waals surface area contributed by atoms with E-state index in [2.05, 4.69) is 20.9 Å². The van der Waals surface area contributed by atoms with Crippen molar-refractivity contribution in [3.8, 4) is 0 Å². The van der Waals surface area contributed by atoms with E-state index in [1.165, 1.54) is 13.1 Å². The normalized spacial score (nSPS) is 18.1. The molecule has 4 N–H and O–H groups in total. The van der Waals surface area contributed by atoms with Gasteiger partial charge >= 0.3 is 5.97 Å². The molecule has 0 aromatic carbocycles. The predicted octanol–water partition coefficient (Wildman–Crippen LogP) is -1.62. The highest BCUT2D eigenvalue weighted by molar-refractivity contribution is 5.91. The van der Waals surface area contributed by atoms with E-state index in [0.29, 0.717) is 0 Å². The molecular formula is C11H17N5O4. The van der Waals surface area contributed by atoms with Crippen LogP contribution in [0.15, 0.2) is 6.20 Å². The number of hydrogen-bond acceptors (Lipinski definition) is 6. The summed E-state index contributed by atoms with van der Waals surface area (Å²) in [5.41, 5.74) is -1.36. The highest BCUT2D eigenvalue weighted by atomic mass is 16.4. The number of carbonyl (C=O) groups is 2. The van der Waals surface area contributed by atoms with Gasteiger partial charge in [0.1, 0.15) is 0 Å². The van der Waals surface area contributed by atoms with Crippen molar-refractivity contribution in [2.24, 2.45) is 0 Å². The Morgan fingerprint density at radius 3 is 2.85 bits per heavy atom. The molecule has 1 aliphatic heterocycles. The lowest BCUT2D eigenvalue weighted by atomic mass is 10.0. The summed E-state index contributed by atoms with van der Waals surface area (Å²) in [5.74, 6) is -1.62. The molecule has 2 heterocycles. The Morgan fingerprint density at radius 2 is 2.30 bits per heavy atom. The molecule has 0 bridgehead atoms. The van der Waals surface area contributed by atoms with Crippen LogP contribution in [-0.2, 0) is 4.79 Å². The maximum Gasteiger partial charge on any atom is 0.306 e. The van der Waals surface area contributed by atoms with Gasteiger partial charge in [-0.25, -0.2) is 4.68 Å². The van der Waals surface area contributed by atoms with Crippen LogP contribution in [0.25, 0.3) is 0 Å². The Hall–Kier alpha value is -2.00. The van der Waals surface area contributed by atoms with Crippen molar-refractivity contribution in [2.45, 2.75) is 25.0 Å². The molecule has 1 aliphatic rings. The van der Waals surface area contributed by atoms with Crippen molar-refractivity contribution in [3.05, 3.63) is 11.9 Å². The average Bonchev–Trinajstić information content (AvgIpc) is 2.71.